The summed E-state index contributed by atoms with van der Waals surface area (Å²) in [5, 5.41) is 0. The predicted molar refractivity (Wildman–Crippen MR) is 140 cm³/mol. The van der Waals surface area contributed by atoms with Gasteiger partial charge in [-0.1, -0.05) is 72.9 Å². The maximum atomic E-state index is 6.93. The molecule has 3 nitrogen and oxygen atoms in total. The Bertz CT molecular complexity index is 1270. The smallest absolute Gasteiger partial charge is 0.486 e. The van der Waals surface area contributed by atoms with Crippen LogP contribution in [0, 0.1) is 5.92 Å². The van der Waals surface area contributed by atoms with Crippen molar-refractivity contribution in [2.24, 2.45) is 5.92 Å². The fourth-order valence-electron chi connectivity index (χ4n) is 7.22. The molecule has 1 aromatic rings. The van der Waals surface area contributed by atoms with Gasteiger partial charge in [-0.3, -0.25) is 0 Å². The maximum absolute atomic E-state index is 6.93. The van der Waals surface area contributed by atoms with Crippen LogP contribution in [0.15, 0.2) is 95.3 Å². The lowest BCUT2D eigenvalue weighted by atomic mass is 9.56. The Hall–Kier alpha value is -2.56. The zero-order chi connectivity index (χ0) is 24.0. The average molecular weight is 464 g/mol. The number of rotatable bonds is 1. The van der Waals surface area contributed by atoms with E-state index in [1.54, 1.807) is 0 Å². The second kappa shape index (κ2) is 7.24. The fourth-order valence-corrected chi connectivity index (χ4v) is 7.22. The summed E-state index contributed by atoms with van der Waals surface area (Å²) in [5.41, 5.74) is 5.82. The Labute approximate surface area is 209 Å². The molecule has 2 aliphatic heterocycles. The summed E-state index contributed by atoms with van der Waals surface area (Å²) in [6.07, 6.45) is 21.3. The number of hydrogen-bond acceptors (Lipinski definition) is 3. The summed E-state index contributed by atoms with van der Waals surface area (Å²) in [5.74, 6) is 1.74. The molecule has 4 unspecified atom stereocenters. The van der Waals surface area contributed by atoms with Gasteiger partial charge in [-0.15, -0.1) is 0 Å². The van der Waals surface area contributed by atoms with Gasteiger partial charge in [-0.2, -0.15) is 0 Å². The average Bonchev–Trinajstić information content (AvgIpc) is 3.27. The van der Waals surface area contributed by atoms with Gasteiger partial charge in [0, 0.05) is 23.7 Å². The summed E-state index contributed by atoms with van der Waals surface area (Å²) in [6, 6.07) is 9.11. The van der Waals surface area contributed by atoms with Crippen LogP contribution in [-0.4, -0.2) is 24.4 Å². The largest absolute Gasteiger partial charge is 0.498 e. The zero-order valence-electron chi connectivity index (χ0n) is 21.1. The Morgan fingerprint density at radius 3 is 2.54 bits per heavy atom. The number of fused-ring (bicyclic) bond motifs is 8. The van der Waals surface area contributed by atoms with Gasteiger partial charge in [-0.25, -0.2) is 0 Å². The molecule has 35 heavy (non-hydrogen) atoms. The van der Waals surface area contributed by atoms with Crippen molar-refractivity contribution in [2.75, 3.05) is 0 Å². The lowest BCUT2D eigenvalue weighted by Gasteiger charge is -2.50. The van der Waals surface area contributed by atoms with Crippen LogP contribution < -0.4 is 0 Å². The molecular formula is C31H33BO3. The van der Waals surface area contributed by atoms with Crippen molar-refractivity contribution in [3.63, 3.8) is 0 Å². The van der Waals surface area contributed by atoms with Crippen LogP contribution in [-0.2, 0) is 19.5 Å². The molecule has 4 aliphatic carbocycles. The van der Waals surface area contributed by atoms with E-state index in [9.17, 15) is 0 Å². The van der Waals surface area contributed by atoms with E-state index in [1.807, 2.05) is 0 Å². The molecule has 1 spiro atoms. The van der Waals surface area contributed by atoms with E-state index in [4.69, 9.17) is 14.0 Å². The molecule has 7 rings (SSSR count). The predicted octanol–water partition coefficient (Wildman–Crippen LogP) is 6.65. The molecule has 1 fully saturated rings. The van der Waals surface area contributed by atoms with Crippen LogP contribution in [0.25, 0.3) is 0 Å². The lowest BCUT2D eigenvalue weighted by molar-refractivity contribution is 0.00578. The molecule has 0 radical (unpaired) electrons. The van der Waals surface area contributed by atoms with Crippen LogP contribution >= 0.6 is 0 Å². The molecule has 0 aromatic heterocycles. The van der Waals surface area contributed by atoms with Crippen LogP contribution in [0.4, 0.5) is 0 Å². The lowest BCUT2D eigenvalue weighted by Crippen LogP contribution is -2.47. The van der Waals surface area contributed by atoms with E-state index in [0.717, 1.165) is 30.5 Å². The van der Waals surface area contributed by atoms with E-state index >= 15 is 0 Å². The highest BCUT2D eigenvalue weighted by molar-refractivity contribution is 6.56. The van der Waals surface area contributed by atoms with Crippen molar-refractivity contribution in [1.29, 1.82) is 0 Å². The summed E-state index contributed by atoms with van der Waals surface area (Å²) < 4.78 is 20.0. The molecular weight excluding hydrogens is 431 g/mol. The third-order valence-corrected chi connectivity index (χ3v) is 9.48. The Morgan fingerprint density at radius 1 is 0.943 bits per heavy atom. The number of ether oxygens (including phenoxy) is 1. The van der Waals surface area contributed by atoms with Gasteiger partial charge in [0.25, 0.3) is 0 Å². The second-order valence-corrected chi connectivity index (χ2v) is 11.7. The van der Waals surface area contributed by atoms with Gasteiger partial charge in [0.1, 0.15) is 11.9 Å². The molecule has 6 aliphatic rings. The van der Waals surface area contributed by atoms with Gasteiger partial charge >= 0.3 is 7.12 Å². The van der Waals surface area contributed by atoms with E-state index in [2.05, 4.69) is 101 Å². The van der Waals surface area contributed by atoms with Crippen molar-refractivity contribution >= 4 is 7.12 Å². The minimum Gasteiger partial charge on any atom is -0.486 e. The van der Waals surface area contributed by atoms with Crippen LogP contribution in [0.5, 0.6) is 0 Å². The minimum absolute atomic E-state index is 0.0220. The van der Waals surface area contributed by atoms with Crippen molar-refractivity contribution in [3.05, 3.63) is 106 Å². The van der Waals surface area contributed by atoms with E-state index in [1.165, 1.54) is 22.3 Å². The third kappa shape index (κ3) is 2.76. The molecule has 178 valence electrons. The van der Waals surface area contributed by atoms with Gasteiger partial charge in [-0.05, 0) is 62.8 Å². The van der Waals surface area contributed by atoms with Crippen LogP contribution in [0.1, 0.15) is 64.0 Å². The van der Waals surface area contributed by atoms with Crippen molar-refractivity contribution in [3.8, 4) is 0 Å². The summed E-state index contributed by atoms with van der Waals surface area (Å²) >= 11 is 0. The first-order valence-corrected chi connectivity index (χ1v) is 13.1. The molecule has 0 saturated carbocycles. The van der Waals surface area contributed by atoms with Gasteiger partial charge < -0.3 is 14.0 Å². The van der Waals surface area contributed by atoms with Gasteiger partial charge in [0.05, 0.1) is 16.6 Å². The first kappa shape index (κ1) is 21.7. The van der Waals surface area contributed by atoms with Crippen molar-refractivity contribution in [1.82, 2.24) is 0 Å². The number of hydrogen-bond donors (Lipinski definition) is 0. The normalized spacial score (nSPS) is 35.2. The van der Waals surface area contributed by atoms with Gasteiger partial charge in [0.2, 0.25) is 0 Å². The highest BCUT2D eigenvalue weighted by Gasteiger charge is 2.61. The fraction of sp³-hybridized carbons (Fsp3) is 0.419. The van der Waals surface area contributed by atoms with Crippen molar-refractivity contribution in [2.45, 2.75) is 75.6 Å². The summed E-state index contributed by atoms with van der Waals surface area (Å²) in [7, 11) is -0.416. The SMILES string of the molecule is CC1(C)OB(C2=CCCC3=C2OC2CC=CC=C2C32c3ccccc3C3C=CC=CC32)OC1(C)C. The third-order valence-electron chi connectivity index (χ3n) is 9.48. The first-order valence-electron chi connectivity index (χ1n) is 13.1. The van der Waals surface area contributed by atoms with Crippen LogP contribution in [0.2, 0.25) is 0 Å². The molecule has 4 atom stereocenters. The van der Waals surface area contributed by atoms with Crippen LogP contribution in [0.3, 0.4) is 0 Å². The molecule has 4 heteroatoms. The Morgan fingerprint density at radius 2 is 1.71 bits per heavy atom. The molecule has 2 heterocycles. The summed E-state index contributed by atoms with van der Waals surface area (Å²) in [6.45, 7) is 8.49. The number of benzene rings is 1. The van der Waals surface area contributed by atoms with E-state index in [-0.39, 0.29) is 22.7 Å². The Kier molecular flexibility index (Phi) is 4.49. The highest BCUT2D eigenvalue weighted by Crippen LogP contribution is 2.65. The minimum atomic E-state index is -0.416. The molecule has 0 bridgehead atoms. The molecule has 1 saturated heterocycles. The van der Waals surface area contributed by atoms with E-state index < -0.39 is 7.12 Å². The number of allylic oxidation sites excluding steroid dienone is 9. The van der Waals surface area contributed by atoms with E-state index in [0.29, 0.717) is 11.8 Å². The zero-order valence-corrected chi connectivity index (χ0v) is 21.1. The molecule has 0 amide bonds. The molecule has 1 aromatic carbocycles. The highest BCUT2D eigenvalue weighted by atomic mass is 16.7. The standard InChI is InChI=1S/C31H33BO3/c1-29(2)30(3,4)35-32(34-29)26-18-11-17-25-28(26)33-27-19-10-9-16-24(27)31(25)22-14-7-5-12-20(22)21-13-6-8-15-23(21)31/h5-10,12-16,18,20,22,27H,11,17,19H2,1-4H3. The Balaban J connectivity index is 1.47. The summed E-state index contributed by atoms with van der Waals surface area (Å²) in [4.78, 5) is 0. The van der Waals surface area contributed by atoms with Gasteiger partial charge in [0.15, 0.2) is 0 Å². The molecule has 0 N–H and O–H groups in total. The maximum Gasteiger partial charge on any atom is 0.498 e. The topological polar surface area (TPSA) is 27.7 Å². The monoisotopic (exact) mass is 464 g/mol. The first-order chi connectivity index (χ1) is 16.8. The van der Waals surface area contributed by atoms with Crippen molar-refractivity contribution < 1.29 is 14.0 Å². The second-order valence-electron chi connectivity index (χ2n) is 11.7. The quantitative estimate of drug-likeness (QED) is 0.436.